The fraction of sp³-hybridized carbons (Fsp3) is 0.423. The molecule has 4 heteroatoms. The molecule has 0 bridgehead atoms. The van der Waals surface area contributed by atoms with Crippen LogP contribution in [0.3, 0.4) is 0 Å². The second-order valence-electron chi connectivity index (χ2n) is 7.82. The minimum atomic E-state index is -0.420. The van der Waals surface area contributed by atoms with Crippen molar-refractivity contribution in [2.24, 2.45) is 0 Å². The molecule has 0 heterocycles. The van der Waals surface area contributed by atoms with E-state index in [0.717, 1.165) is 16.7 Å². The van der Waals surface area contributed by atoms with Crippen LogP contribution in [0.25, 0.3) is 11.1 Å². The molecule has 162 valence electrons. The van der Waals surface area contributed by atoms with Crippen LogP contribution >= 0.6 is 0 Å². The van der Waals surface area contributed by atoms with Crippen LogP contribution in [-0.2, 0) is 16.0 Å². The average molecular weight is 411 g/mol. The van der Waals surface area contributed by atoms with Gasteiger partial charge in [-0.3, -0.25) is 0 Å². The molecule has 0 aliphatic heterocycles. The number of esters is 1. The van der Waals surface area contributed by atoms with Crippen molar-refractivity contribution >= 4 is 5.97 Å². The Bertz CT molecular complexity index is 869. The number of rotatable bonds is 11. The zero-order valence-corrected chi connectivity index (χ0v) is 18.7. The summed E-state index contributed by atoms with van der Waals surface area (Å²) in [5.41, 5.74) is 6.12. The molecule has 0 saturated heterocycles. The van der Waals surface area contributed by atoms with Crippen molar-refractivity contribution < 1.29 is 19.4 Å². The Morgan fingerprint density at radius 1 is 1.17 bits per heavy atom. The van der Waals surface area contributed by atoms with Crippen molar-refractivity contribution in [3.05, 3.63) is 65.2 Å². The highest BCUT2D eigenvalue weighted by Crippen LogP contribution is 2.32. The molecule has 4 nitrogen and oxygen atoms in total. The fourth-order valence-corrected chi connectivity index (χ4v) is 3.51. The van der Waals surface area contributed by atoms with Gasteiger partial charge in [0.05, 0.1) is 0 Å². The zero-order valence-electron chi connectivity index (χ0n) is 18.7. The van der Waals surface area contributed by atoms with Crippen molar-refractivity contribution in [3.63, 3.8) is 0 Å². The van der Waals surface area contributed by atoms with Gasteiger partial charge >= 0.3 is 5.97 Å². The molecule has 0 amide bonds. The highest BCUT2D eigenvalue weighted by Gasteiger charge is 2.11. The highest BCUT2D eigenvalue weighted by molar-refractivity contribution is 5.86. The molecule has 0 saturated carbocycles. The molecule has 0 aromatic heterocycles. The van der Waals surface area contributed by atoms with Gasteiger partial charge in [-0.1, -0.05) is 57.2 Å². The second kappa shape index (κ2) is 11.6. The Hall–Kier alpha value is -2.59. The molecule has 2 aromatic carbocycles. The van der Waals surface area contributed by atoms with Crippen molar-refractivity contribution in [3.8, 4) is 16.9 Å². The SMILES string of the molecule is C=C(C)C(=O)OCCOc1cc(-c2ccc(C(C)CCC)cc2C)ccc1CCO. The summed E-state index contributed by atoms with van der Waals surface area (Å²) < 4.78 is 11.0. The second-order valence-corrected chi connectivity index (χ2v) is 7.82. The Kier molecular flexibility index (Phi) is 9.13. The van der Waals surface area contributed by atoms with E-state index in [1.165, 1.54) is 24.0 Å². The molecular weight excluding hydrogens is 376 g/mol. The number of hydrogen-bond acceptors (Lipinski definition) is 4. The van der Waals surface area contributed by atoms with Crippen LogP contribution in [0.2, 0.25) is 0 Å². The van der Waals surface area contributed by atoms with Gasteiger partial charge in [-0.25, -0.2) is 4.79 Å². The van der Waals surface area contributed by atoms with Gasteiger partial charge in [0.2, 0.25) is 0 Å². The van der Waals surface area contributed by atoms with Gasteiger partial charge in [0.15, 0.2) is 0 Å². The number of carbonyl (C=O) groups excluding carboxylic acids is 1. The maximum Gasteiger partial charge on any atom is 0.333 e. The predicted octanol–water partition coefficient (Wildman–Crippen LogP) is 5.60. The molecule has 0 fully saturated rings. The van der Waals surface area contributed by atoms with Gasteiger partial charge in [-0.2, -0.15) is 0 Å². The molecule has 0 aliphatic carbocycles. The minimum Gasteiger partial charge on any atom is -0.490 e. The number of benzene rings is 2. The van der Waals surface area contributed by atoms with Gasteiger partial charge in [-0.15, -0.1) is 0 Å². The molecule has 30 heavy (non-hydrogen) atoms. The third kappa shape index (κ3) is 6.46. The lowest BCUT2D eigenvalue weighted by Crippen LogP contribution is -2.13. The summed E-state index contributed by atoms with van der Waals surface area (Å²) in [5.74, 6) is 0.835. The summed E-state index contributed by atoms with van der Waals surface area (Å²) in [5, 5.41) is 9.37. The van der Waals surface area contributed by atoms with E-state index < -0.39 is 5.97 Å². The molecular formula is C26H34O4. The Balaban J connectivity index is 2.20. The number of carbonyl (C=O) groups is 1. The van der Waals surface area contributed by atoms with E-state index >= 15 is 0 Å². The van der Waals surface area contributed by atoms with Gasteiger partial charge < -0.3 is 14.6 Å². The first-order valence-corrected chi connectivity index (χ1v) is 10.7. The van der Waals surface area contributed by atoms with Gasteiger partial charge in [0.25, 0.3) is 0 Å². The molecule has 0 radical (unpaired) electrons. The lowest BCUT2D eigenvalue weighted by Gasteiger charge is -2.16. The molecule has 1 N–H and O–H groups in total. The fourth-order valence-electron chi connectivity index (χ4n) is 3.51. The largest absolute Gasteiger partial charge is 0.490 e. The molecule has 2 aromatic rings. The Morgan fingerprint density at radius 2 is 1.93 bits per heavy atom. The van der Waals surface area contributed by atoms with Crippen LogP contribution in [0.4, 0.5) is 0 Å². The third-order valence-corrected chi connectivity index (χ3v) is 5.22. The molecule has 1 unspecified atom stereocenters. The highest BCUT2D eigenvalue weighted by atomic mass is 16.6. The molecule has 0 spiro atoms. The first kappa shape index (κ1) is 23.7. The van der Waals surface area contributed by atoms with E-state index in [1.54, 1.807) is 6.92 Å². The van der Waals surface area contributed by atoms with E-state index in [9.17, 15) is 9.90 Å². The maximum atomic E-state index is 11.5. The van der Waals surface area contributed by atoms with E-state index in [1.807, 2.05) is 12.1 Å². The summed E-state index contributed by atoms with van der Waals surface area (Å²) in [7, 11) is 0. The van der Waals surface area contributed by atoms with Crippen molar-refractivity contribution in [1.82, 2.24) is 0 Å². The van der Waals surface area contributed by atoms with Gasteiger partial charge in [0, 0.05) is 12.2 Å². The maximum absolute atomic E-state index is 11.5. The summed E-state index contributed by atoms with van der Waals surface area (Å²) in [6, 6.07) is 12.7. The van der Waals surface area contributed by atoms with Crippen molar-refractivity contribution in [2.75, 3.05) is 19.8 Å². The predicted molar refractivity (Wildman–Crippen MR) is 122 cm³/mol. The smallest absolute Gasteiger partial charge is 0.333 e. The summed E-state index contributed by atoms with van der Waals surface area (Å²) >= 11 is 0. The van der Waals surface area contributed by atoms with Crippen LogP contribution in [-0.4, -0.2) is 30.9 Å². The zero-order chi connectivity index (χ0) is 22.1. The van der Waals surface area contributed by atoms with Crippen LogP contribution in [0, 0.1) is 6.92 Å². The molecule has 1 atom stereocenters. The summed E-state index contributed by atoms with van der Waals surface area (Å²) in [4.78, 5) is 11.5. The number of aliphatic hydroxyl groups excluding tert-OH is 1. The first-order chi connectivity index (χ1) is 14.4. The average Bonchev–Trinajstić information content (AvgIpc) is 2.72. The van der Waals surface area contributed by atoms with E-state index in [4.69, 9.17) is 9.47 Å². The van der Waals surface area contributed by atoms with Crippen LogP contribution in [0.5, 0.6) is 5.75 Å². The lowest BCUT2D eigenvalue weighted by molar-refractivity contribution is -0.139. The first-order valence-electron chi connectivity index (χ1n) is 10.7. The monoisotopic (exact) mass is 410 g/mol. The van der Waals surface area contributed by atoms with Crippen molar-refractivity contribution in [1.29, 1.82) is 0 Å². The van der Waals surface area contributed by atoms with Crippen LogP contribution < -0.4 is 4.74 Å². The molecule has 0 aliphatic rings. The van der Waals surface area contributed by atoms with E-state index in [2.05, 4.69) is 51.6 Å². The van der Waals surface area contributed by atoms with E-state index in [-0.39, 0.29) is 19.8 Å². The van der Waals surface area contributed by atoms with Gasteiger partial charge in [-0.05, 0) is 66.5 Å². The minimum absolute atomic E-state index is 0.0450. The van der Waals surface area contributed by atoms with Crippen LogP contribution in [0.15, 0.2) is 48.6 Å². The summed E-state index contributed by atoms with van der Waals surface area (Å²) in [6.45, 7) is 12.2. The topological polar surface area (TPSA) is 55.8 Å². The molecule has 2 rings (SSSR count). The van der Waals surface area contributed by atoms with Crippen molar-refractivity contribution in [2.45, 2.75) is 52.9 Å². The van der Waals surface area contributed by atoms with E-state index in [0.29, 0.717) is 23.7 Å². The number of hydrogen-bond donors (Lipinski definition) is 1. The third-order valence-electron chi connectivity index (χ3n) is 5.22. The Morgan fingerprint density at radius 3 is 2.57 bits per heavy atom. The van der Waals surface area contributed by atoms with Crippen LogP contribution in [0.1, 0.15) is 56.2 Å². The number of aryl methyl sites for hydroxylation is 1. The number of aliphatic hydroxyl groups is 1. The Labute approximate surface area is 180 Å². The standard InChI is InChI=1S/C26H34O4/c1-6-7-19(4)22-10-11-24(20(5)16-22)23-9-8-21(12-13-27)25(17-23)29-14-15-30-26(28)18(2)3/h8-11,16-17,19,27H,2,6-7,12-15H2,1,3-5H3. The normalized spacial score (nSPS) is 11.8. The van der Waals surface area contributed by atoms with Gasteiger partial charge in [0.1, 0.15) is 19.0 Å². The summed E-state index contributed by atoms with van der Waals surface area (Å²) in [6.07, 6.45) is 2.87. The quantitative estimate of drug-likeness (QED) is 0.298. The number of ether oxygens (including phenoxy) is 2. The lowest BCUT2D eigenvalue weighted by atomic mass is 9.91.